The van der Waals surface area contributed by atoms with E-state index in [1.165, 1.54) is 0 Å². The molecule has 5 unspecified atom stereocenters. The van der Waals surface area contributed by atoms with Crippen LogP contribution in [0.1, 0.15) is 24.3 Å². The van der Waals surface area contributed by atoms with E-state index in [0.717, 1.165) is 11.1 Å². The Morgan fingerprint density at radius 2 is 1.44 bits per heavy atom. The van der Waals surface area contributed by atoms with Crippen molar-refractivity contribution in [2.24, 2.45) is 0 Å². The van der Waals surface area contributed by atoms with Crippen molar-refractivity contribution >= 4 is 0 Å². The smallest absolute Gasteiger partial charge is 0.187 e. The van der Waals surface area contributed by atoms with Gasteiger partial charge in [-0.2, -0.15) is 0 Å². The summed E-state index contributed by atoms with van der Waals surface area (Å²) in [4.78, 5) is 0. The quantitative estimate of drug-likeness (QED) is 0.248. The molecule has 36 heavy (non-hydrogen) atoms. The SMILES string of the molecule is Cc1ccc(C2OCC3O[C@@H](O[C@H]4C(CO)O[C@@H](C)C(O)[C@H]4O)C(O)[C@@H](O)[C@H]3O2)cc1.[Ac].[Ac].[Ac].[Ac].[Ac]. The first-order chi connectivity index (χ1) is 14.8. The molecule has 0 aromatic heterocycles. The number of benzene rings is 1. The van der Waals surface area contributed by atoms with E-state index in [1.807, 2.05) is 31.2 Å². The van der Waals surface area contributed by atoms with E-state index >= 15 is 0 Å². The summed E-state index contributed by atoms with van der Waals surface area (Å²) in [6, 6.07) is 7.57. The minimum Gasteiger partial charge on any atom is -0.394 e. The molecule has 15 heteroatoms. The molecule has 10 nitrogen and oxygen atoms in total. The first-order valence-electron chi connectivity index (χ1n) is 10.4. The Morgan fingerprint density at radius 3 is 2.03 bits per heavy atom. The standard InChI is InChI=1S/C21H30O10.5Ac/c1-9-3-5-11(6-4-9)20-27-8-13-19(30-20)16(25)17(26)21(29-13)31-18-12(7-22)28-10(2)14(23)15(18)24;;;;;/h3-6,10,12-26H,7-8H2,1-2H3;;;;;/t10-,12?,13?,14?,15+,16+,17?,18-,19-,20?,21-;;;;;/m0...../s1. The van der Waals surface area contributed by atoms with E-state index < -0.39 is 74.1 Å². The maximum absolute atomic E-state index is 10.7. The monoisotopic (exact) mass is 1580 g/mol. The van der Waals surface area contributed by atoms with Crippen molar-refractivity contribution < 1.29 is 270 Å². The van der Waals surface area contributed by atoms with E-state index in [2.05, 4.69) is 0 Å². The number of fused-ring (bicyclic) bond motifs is 1. The zero-order chi connectivity index (χ0) is 22.3. The summed E-state index contributed by atoms with van der Waals surface area (Å²) in [5.41, 5.74) is 1.86. The van der Waals surface area contributed by atoms with Gasteiger partial charge in [0.15, 0.2) is 12.6 Å². The summed E-state index contributed by atoms with van der Waals surface area (Å²) in [6.45, 7) is 3.14. The van der Waals surface area contributed by atoms with Gasteiger partial charge in [0, 0.05) is 226 Å². The molecule has 0 amide bonds. The molecule has 5 radical (unpaired) electrons. The summed E-state index contributed by atoms with van der Waals surface area (Å²) in [5.74, 6) is 0. The topological polar surface area (TPSA) is 147 Å². The van der Waals surface area contributed by atoms with Crippen LogP contribution in [0.25, 0.3) is 0 Å². The Balaban J connectivity index is 0. The number of aliphatic hydroxyl groups excluding tert-OH is 5. The molecule has 0 spiro atoms. The van der Waals surface area contributed by atoms with Gasteiger partial charge in [0.05, 0.1) is 19.3 Å². The molecule has 4 rings (SSSR count). The first-order valence-corrected chi connectivity index (χ1v) is 10.4. The number of aryl methyl sites for hydroxylation is 1. The zero-order valence-electron chi connectivity index (χ0n) is 20.2. The van der Waals surface area contributed by atoms with Gasteiger partial charge in [-0.15, -0.1) is 0 Å². The van der Waals surface area contributed by atoms with Crippen molar-refractivity contribution in [3.05, 3.63) is 35.4 Å². The molecule has 5 N–H and O–H groups in total. The first kappa shape index (κ1) is 44.2. The van der Waals surface area contributed by atoms with Gasteiger partial charge in [0.25, 0.3) is 0 Å². The van der Waals surface area contributed by atoms with Crippen LogP contribution >= 0.6 is 0 Å². The van der Waals surface area contributed by atoms with Crippen LogP contribution in [-0.2, 0) is 23.7 Å². The summed E-state index contributed by atoms with van der Waals surface area (Å²) in [5, 5.41) is 51.3. The molecule has 1 aromatic rings. The average molecular weight is 1580 g/mol. The number of ether oxygens (including phenoxy) is 5. The summed E-state index contributed by atoms with van der Waals surface area (Å²) in [7, 11) is 0. The van der Waals surface area contributed by atoms with Gasteiger partial charge >= 0.3 is 0 Å². The number of hydrogen-bond acceptors (Lipinski definition) is 10. The Kier molecular flexibility index (Phi) is 25.7. The van der Waals surface area contributed by atoms with Crippen molar-refractivity contribution in [1.29, 1.82) is 0 Å². The van der Waals surface area contributed by atoms with E-state index in [1.54, 1.807) is 6.92 Å². The molecule has 3 aliphatic rings. The van der Waals surface area contributed by atoms with Gasteiger partial charge in [-0.25, -0.2) is 0 Å². The molecule has 3 heterocycles. The maximum atomic E-state index is 10.7. The normalized spacial score (nSPS) is 39.5. The zero-order valence-corrected chi connectivity index (χ0v) is 44.0. The van der Waals surface area contributed by atoms with Crippen LogP contribution in [0.5, 0.6) is 0 Å². The van der Waals surface area contributed by atoms with Gasteiger partial charge < -0.3 is 49.2 Å². The average Bonchev–Trinajstić information content (AvgIpc) is 2.77. The van der Waals surface area contributed by atoms with Crippen LogP contribution in [0, 0.1) is 227 Å². The van der Waals surface area contributed by atoms with Crippen molar-refractivity contribution in [1.82, 2.24) is 0 Å². The van der Waals surface area contributed by atoms with E-state index in [9.17, 15) is 25.5 Å². The van der Waals surface area contributed by atoms with Crippen LogP contribution < -0.4 is 0 Å². The van der Waals surface area contributed by atoms with Crippen molar-refractivity contribution in [2.45, 2.75) is 81.4 Å². The molecule has 0 aliphatic carbocycles. The minimum atomic E-state index is -1.50. The number of hydrogen-bond donors (Lipinski definition) is 5. The second-order valence-electron chi connectivity index (χ2n) is 8.34. The molecule has 11 atom stereocenters. The Morgan fingerprint density at radius 1 is 0.833 bits per heavy atom. The van der Waals surface area contributed by atoms with E-state index in [-0.39, 0.29) is 227 Å². The molecule has 0 bridgehead atoms. The van der Waals surface area contributed by atoms with Gasteiger partial charge in [-0.05, 0) is 13.8 Å². The summed E-state index contributed by atoms with van der Waals surface area (Å²) in [6.07, 6.45) is -12.0. The number of aliphatic hydroxyl groups is 5. The fraction of sp³-hybridized carbons (Fsp3) is 0.714. The number of rotatable bonds is 4. The largest absolute Gasteiger partial charge is 0.394 e. The van der Waals surface area contributed by atoms with Crippen LogP contribution in [-0.4, -0.2) is 100.0 Å². The van der Waals surface area contributed by atoms with Gasteiger partial charge in [-0.1, -0.05) is 29.8 Å². The Labute approximate surface area is 390 Å². The second-order valence-corrected chi connectivity index (χ2v) is 8.34. The van der Waals surface area contributed by atoms with Crippen LogP contribution in [0.4, 0.5) is 0 Å². The predicted octanol–water partition coefficient (Wildman–Crippen LogP) is -1.26. The van der Waals surface area contributed by atoms with Gasteiger partial charge in [0.2, 0.25) is 0 Å². The molecule has 0 saturated carbocycles. The second kappa shape index (κ2) is 20.9. The fourth-order valence-electron chi connectivity index (χ4n) is 4.18. The third-order valence-corrected chi connectivity index (χ3v) is 6.08. The van der Waals surface area contributed by atoms with Gasteiger partial charge in [0.1, 0.15) is 48.8 Å². The molecule has 3 saturated heterocycles. The van der Waals surface area contributed by atoms with Crippen LogP contribution in [0.15, 0.2) is 24.3 Å². The van der Waals surface area contributed by atoms with Crippen molar-refractivity contribution in [3.8, 4) is 0 Å². The molecular formula is C21H30Ac5O10. The fourth-order valence-corrected chi connectivity index (χ4v) is 4.18. The van der Waals surface area contributed by atoms with Gasteiger partial charge in [-0.3, -0.25) is 0 Å². The van der Waals surface area contributed by atoms with Crippen molar-refractivity contribution in [3.63, 3.8) is 0 Å². The van der Waals surface area contributed by atoms with E-state index in [4.69, 9.17) is 23.7 Å². The molecule has 1 aromatic carbocycles. The molecular weight excluding hydrogens is 1550 g/mol. The summed E-state index contributed by atoms with van der Waals surface area (Å²) >= 11 is 0. The maximum Gasteiger partial charge on any atom is 0.187 e. The molecule has 3 fully saturated rings. The Hall–Kier alpha value is 6.03. The Bertz CT molecular complexity index is 746. The molecule has 3 aliphatic heterocycles. The van der Waals surface area contributed by atoms with Crippen LogP contribution in [0.3, 0.4) is 0 Å². The van der Waals surface area contributed by atoms with Crippen LogP contribution in [0.2, 0.25) is 0 Å². The minimum absolute atomic E-state index is 0. The third-order valence-electron chi connectivity index (χ3n) is 6.08. The van der Waals surface area contributed by atoms with E-state index in [0.29, 0.717) is 0 Å². The predicted molar refractivity (Wildman–Crippen MR) is 104 cm³/mol. The van der Waals surface area contributed by atoms with Crippen molar-refractivity contribution in [2.75, 3.05) is 13.2 Å². The third kappa shape index (κ3) is 10.8. The molecule has 189 valence electrons. The summed E-state index contributed by atoms with van der Waals surface area (Å²) < 4.78 is 28.5.